The number of hydrazine groups is 1. The van der Waals surface area contributed by atoms with E-state index in [0.717, 1.165) is 23.9 Å². The maximum atomic E-state index is 12.6. The average Bonchev–Trinajstić information content (AvgIpc) is 2.61. The molecule has 0 aliphatic rings. The predicted molar refractivity (Wildman–Crippen MR) is 99.7 cm³/mol. The summed E-state index contributed by atoms with van der Waals surface area (Å²) in [4.78, 5) is 15.3. The number of carbonyl (C=O) groups excluding carboxylic acids is 1. The minimum atomic E-state index is -4.66. The van der Waals surface area contributed by atoms with E-state index in [0.29, 0.717) is 15.5 Å². The zero-order chi connectivity index (χ0) is 21.1. The smallest absolute Gasteiger partial charge is 0.280 e. The van der Waals surface area contributed by atoms with Crippen molar-refractivity contribution in [3.63, 3.8) is 0 Å². The Balaban J connectivity index is 2.12. The number of carbonyl (C=O) groups is 1. The molecule has 0 aliphatic heterocycles. The number of urea groups is 1. The number of aromatic nitrogens is 1. The number of aryl methyl sites for hydroxylation is 1. The van der Waals surface area contributed by atoms with Crippen LogP contribution in [0.15, 0.2) is 40.1 Å². The van der Waals surface area contributed by atoms with Crippen LogP contribution in [0.2, 0.25) is 5.02 Å². The van der Waals surface area contributed by atoms with Crippen LogP contribution >= 0.6 is 23.4 Å². The van der Waals surface area contributed by atoms with Crippen molar-refractivity contribution in [3.05, 3.63) is 46.6 Å². The summed E-state index contributed by atoms with van der Waals surface area (Å²) >= 11 is 7.10. The fourth-order valence-electron chi connectivity index (χ4n) is 1.99. The number of halogens is 4. The van der Waals surface area contributed by atoms with Crippen LogP contribution in [-0.4, -0.2) is 25.7 Å². The molecule has 13 heteroatoms. The van der Waals surface area contributed by atoms with Gasteiger partial charge in [-0.3, -0.25) is 5.43 Å². The molecule has 28 heavy (non-hydrogen) atoms. The quantitative estimate of drug-likeness (QED) is 0.469. The molecular formula is C15H14ClF3N4O3S2. The first-order chi connectivity index (χ1) is 12.9. The van der Waals surface area contributed by atoms with Crippen molar-refractivity contribution in [3.8, 4) is 0 Å². The Morgan fingerprint density at radius 2 is 1.93 bits per heavy atom. The summed E-state index contributed by atoms with van der Waals surface area (Å²) in [5, 5.41) is 0.366. The number of amides is 2. The van der Waals surface area contributed by atoms with E-state index in [1.807, 2.05) is 5.43 Å². The van der Waals surface area contributed by atoms with E-state index in [9.17, 15) is 26.4 Å². The van der Waals surface area contributed by atoms with Gasteiger partial charge in [-0.2, -0.15) is 13.2 Å². The molecule has 0 saturated heterocycles. The zero-order valence-electron chi connectivity index (χ0n) is 14.4. The van der Waals surface area contributed by atoms with Crippen molar-refractivity contribution < 1.29 is 26.4 Å². The number of sulfonamides is 1. The van der Waals surface area contributed by atoms with Crippen LogP contribution in [0.3, 0.4) is 0 Å². The van der Waals surface area contributed by atoms with E-state index in [1.165, 1.54) is 18.2 Å². The molecule has 0 saturated carbocycles. The van der Waals surface area contributed by atoms with Gasteiger partial charge in [0.1, 0.15) is 16.4 Å². The van der Waals surface area contributed by atoms with Gasteiger partial charge in [-0.1, -0.05) is 17.7 Å². The van der Waals surface area contributed by atoms with Crippen LogP contribution in [0, 0.1) is 6.92 Å². The van der Waals surface area contributed by atoms with Gasteiger partial charge in [0, 0.05) is 9.92 Å². The highest BCUT2D eigenvalue weighted by Gasteiger charge is 2.32. The topological polar surface area (TPSA) is 100 Å². The van der Waals surface area contributed by atoms with Gasteiger partial charge in [0.05, 0.1) is 0 Å². The molecule has 1 aromatic heterocycles. The Morgan fingerprint density at radius 1 is 1.25 bits per heavy atom. The third kappa shape index (κ3) is 5.42. The summed E-state index contributed by atoms with van der Waals surface area (Å²) in [6.07, 6.45) is -3.02. The Bertz CT molecular complexity index is 1000. The molecule has 0 radical (unpaired) electrons. The number of thioether (sulfide) groups is 1. The largest absolute Gasteiger partial charge is 0.433 e. The fraction of sp³-hybridized carbons (Fsp3) is 0.200. The van der Waals surface area contributed by atoms with Gasteiger partial charge in [0.15, 0.2) is 0 Å². The highest BCUT2D eigenvalue weighted by Crippen LogP contribution is 2.30. The van der Waals surface area contributed by atoms with Gasteiger partial charge in [-0.25, -0.2) is 28.3 Å². The molecule has 3 N–H and O–H groups in total. The molecule has 0 bridgehead atoms. The van der Waals surface area contributed by atoms with E-state index in [1.54, 1.807) is 17.9 Å². The number of hydrogen-bond acceptors (Lipinski definition) is 6. The van der Waals surface area contributed by atoms with E-state index in [2.05, 4.69) is 10.4 Å². The third-order valence-corrected chi connectivity index (χ3v) is 5.99. The van der Waals surface area contributed by atoms with E-state index in [4.69, 9.17) is 11.6 Å². The van der Waals surface area contributed by atoms with E-state index in [-0.39, 0.29) is 10.7 Å². The molecule has 0 aliphatic carbocycles. The van der Waals surface area contributed by atoms with Crippen molar-refractivity contribution in [1.82, 2.24) is 15.1 Å². The zero-order valence-corrected chi connectivity index (χ0v) is 16.8. The van der Waals surface area contributed by atoms with Crippen LogP contribution in [0.25, 0.3) is 0 Å². The second-order valence-corrected chi connectivity index (χ2v) is 8.25. The van der Waals surface area contributed by atoms with Crippen LogP contribution in [0.5, 0.6) is 0 Å². The molecule has 2 aromatic rings. The Kier molecular flexibility index (Phi) is 6.67. The summed E-state index contributed by atoms with van der Waals surface area (Å²) < 4.78 is 64.6. The van der Waals surface area contributed by atoms with Crippen molar-refractivity contribution in [1.29, 1.82) is 0 Å². The van der Waals surface area contributed by atoms with Gasteiger partial charge < -0.3 is 0 Å². The number of pyridine rings is 1. The molecule has 0 atom stereocenters. The van der Waals surface area contributed by atoms with Gasteiger partial charge in [0.25, 0.3) is 10.0 Å². The van der Waals surface area contributed by atoms with E-state index < -0.39 is 27.9 Å². The van der Waals surface area contributed by atoms with Crippen molar-refractivity contribution >= 4 is 45.2 Å². The number of nitrogens with one attached hydrogen (secondary N) is 3. The molecule has 0 fully saturated rings. The highest BCUT2D eigenvalue weighted by atomic mass is 35.5. The average molecular weight is 455 g/mol. The van der Waals surface area contributed by atoms with Crippen molar-refractivity contribution in [2.75, 3.05) is 11.7 Å². The lowest BCUT2D eigenvalue weighted by Crippen LogP contribution is -2.42. The summed E-state index contributed by atoms with van der Waals surface area (Å²) in [5.41, 5.74) is 3.36. The standard InChI is InChI=1S/C15H14ClF3N4O3S2/c1-8-6-11(10(27-2)7-9(8)16)28(25,26)23-14(24)22-21-13-5-3-4-12(20-13)15(17,18)19/h3-7H,1-2H3,(H,20,21)(H2,22,23,24). The van der Waals surface area contributed by atoms with E-state index >= 15 is 0 Å². The van der Waals surface area contributed by atoms with Gasteiger partial charge >= 0.3 is 12.2 Å². The van der Waals surface area contributed by atoms with Crippen molar-refractivity contribution in [2.24, 2.45) is 0 Å². The first-order valence-corrected chi connectivity index (χ1v) is 10.5. The monoisotopic (exact) mass is 454 g/mol. The first-order valence-electron chi connectivity index (χ1n) is 7.41. The maximum Gasteiger partial charge on any atom is 0.433 e. The van der Waals surface area contributed by atoms with Crippen LogP contribution < -0.4 is 15.6 Å². The first kappa shape index (κ1) is 22.1. The number of anilines is 1. The van der Waals surface area contributed by atoms with Gasteiger partial charge in [0.2, 0.25) is 0 Å². The second kappa shape index (κ2) is 8.45. The number of hydrogen-bond donors (Lipinski definition) is 3. The van der Waals surface area contributed by atoms with Gasteiger partial charge in [-0.05, 0) is 43.0 Å². The Hall–Kier alpha value is -2.18. The lowest BCUT2D eigenvalue weighted by atomic mass is 10.2. The molecule has 7 nitrogen and oxygen atoms in total. The Labute approximate surface area is 168 Å². The SMILES string of the molecule is CSc1cc(Cl)c(C)cc1S(=O)(=O)NC(=O)NNc1cccc(C(F)(F)F)n1. The van der Waals surface area contributed by atoms with Crippen LogP contribution in [-0.2, 0) is 16.2 Å². The molecule has 2 rings (SSSR count). The van der Waals surface area contributed by atoms with Crippen LogP contribution in [0.4, 0.5) is 23.8 Å². The molecule has 0 spiro atoms. The molecule has 152 valence electrons. The lowest BCUT2D eigenvalue weighted by Gasteiger charge is -2.14. The molecule has 1 aromatic carbocycles. The number of benzene rings is 1. The molecule has 0 unspecified atom stereocenters. The normalized spacial score (nSPS) is 11.8. The number of alkyl halides is 3. The third-order valence-electron chi connectivity index (χ3n) is 3.31. The Morgan fingerprint density at radius 3 is 2.54 bits per heavy atom. The predicted octanol–water partition coefficient (Wildman–Crippen LogP) is 3.80. The molecule has 2 amide bonds. The summed E-state index contributed by atoms with van der Waals surface area (Å²) in [6.45, 7) is 1.60. The maximum absolute atomic E-state index is 12.6. The van der Waals surface area contributed by atoms with Gasteiger partial charge in [-0.15, -0.1) is 11.8 Å². The highest BCUT2D eigenvalue weighted by molar-refractivity contribution is 7.99. The number of rotatable bonds is 5. The summed E-state index contributed by atoms with van der Waals surface area (Å²) in [7, 11) is -4.26. The summed E-state index contributed by atoms with van der Waals surface area (Å²) in [6, 6.07) is 4.56. The molecule has 1 heterocycles. The lowest BCUT2D eigenvalue weighted by molar-refractivity contribution is -0.141. The fourth-order valence-corrected chi connectivity index (χ4v) is 4.36. The minimum absolute atomic E-state index is 0.158. The van der Waals surface area contributed by atoms with Crippen LogP contribution in [0.1, 0.15) is 11.3 Å². The minimum Gasteiger partial charge on any atom is -0.280 e. The number of nitrogens with zero attached hydrogens (tertiary/aromatic N) is 1. The van der Waals surface area contributed by atoms with Crippen molar-refractivity contribution in [2.45, 2.75) is 22.9 Å². The molecular weight excluding hydrogens is 441 g/mol. The second-order valence-electron chi connectivity index (χ2n) is 5.34. The summed E-state index contributed by atoms with van der Waals surface area (Å²) in [5.74, 6) is -0.325.